The Balaban J connectivity index is 1.54. The van der Waals surface area contributed by atoms with Crippen LogP contribution in [-0.4, -0.2) is 42.5 Å². The van der Waals surface area contributed by atoms with Gasteiger partial charge in [-0.05, 0) is 49.5 Å². The van der Waals surface area contributed by atoms with Gasteiger partial charge >= 0.3 is 0 Å². The van der Waals surface area contributed by atoms with Crippen LogP contribution in [0, 0.1) is 5.92 Å². The summed E-state index contributed by atoms with van der Waals surface area (Å²) in [4.78, 5) is 26.3. The highest BCUT2D eigenvalue weighted by Gasteiger charge is 2.22. The molecule has 1 aliphatic carbocycles. The number of nitrogens with zero attached hydrogens (tertiary/aromatic N) is 1. The van der Waals surface area contributed by atoms with Crippen LogP contribution >= 0.6 is 0 Å². The highest BCUT2D eigenvalue weighted by molar-refractivity contribution is 5.94. The van der Waals surface area contributed by atoms with Gasteiger partial charge in [-0.15, -0.1) is 0 Å². The maximum Gasteiger partial charge on any atom is 0.254 e. The van der Waals surface area contributed by atoms with E-state index in [1.807, 2.05) is 42.2 Å². The molecule has 0 aromatic heterocycles. The van der Waals surface area contributed by atoms with Gasteiger partial charge in [0.05, 0.1) is 12.7 Å². The van der Waals surface area contributed by atoms with Crippen LogP contribution in [0.5, 0.6) is 0 Å². The van der Waals surface area contributed by atoms with Crippen molar-refractivity contribution < 1.29 is 14.3 Å². The quantitative estimate of drug-likeness (QED) is 0.837. The second-order valence-corrected chi connectivity index (χ2v) is 6.90. The minimum atomic E-state index is -0.0781. The predicted molar refractivity (Wildman–Crippen MR) is 96.1 cm³/mol. The molecular weight excluding hydrogens is 316 g/mol. The van der Waals surface area contributed by atoms with Crippen LogP contribution in [0.25, 0.3) is 0 Å². The number of carbonyl (C=O) groups is 2. The second kappa shape index (κ2) is 8.30. The molecule has 1 heterocycles. The number of allylic oxidation sites excluding steroid dienone is 1. The number of morpholine rings is 1. The molecule has 1 atom stereocenters. The minimum Gasteiger partial charge on any atom is -0.375 e. The van der Waals surface area contributed by atoms with E-state index in [0.717, 1.165) is 5.56 Å². The topological polar surface area (TPSA) is 58.6 Å². The number of nitrogens with one attached hydrogen (secondary N) is 1. The van der Waals surface area contributed by atoms with Crippen LogP contribution < -0.4 is 5.32 Å². The van der Waals surface area contributed by atoms with Crippen LogP contribution in [0.3, 0.4) is 0 Å². The Labute approximate surface area is 149 Å². The van der Waals surface area contributed by atoms with Gasteiger partial charge in [0.1, 0.15) is 0 Å². The fourth-order valence-electron chi connectivity index (χ4n) is 3.10. The maximum atomic E-state index is 12.6. The standard InChI is InChI=1S/C20H26N2O3/c1-15-14-22(10-11-25-15)20(24)18-7-3-6-17(12-18)13-21-19(23)9-8-16-4-2-5-16/h3,6-9,12,15-16H,2,4-5,10-11,13-14H2,1H3,(H,21,23)/b9-8+/t15-/m1/s1. The van der Waals surface area contributed by atoms with Crippen molar-refractivity contribution in [2.75, 3.05) is 19.7 Å². The first-order chi connectivity index (χ1) is 12.1. The molecular formula is C20H26N2O3. The SMILES string of the molecule is C[C@@H]1CN(C(=O)c2cccc(CNC(=O)/C=C/C3CCC3)c2)CCO1. The van der Waals surface area contributed by atoms with Gasteiger partial charge < -0.3 is 15.0 Å². The number of amides is 2. The van der Waals surface area contributed by atoms with Gasteiger partial charge in [-0.1, -0.05) is 24.6 Å². The van der Waals surface area contributed by atoms with E-state index < -0.39 is 0 Å². The van der Waals surface area contributed by atoms with Crippen molar-refractivity contribution in [2.24, 2.45) is 5.92 Å². The Morgan fingerprint density at radius 3 is 2.92 bits per heavy atom. The van der Waals surface area contributed by atoms with Gasteiger partial charge in [0.2, 0.25) is 5.91 Å². The van der Waals surface area contributed by atoms with Gasteiger partial charge in [0.15, 0.2) is 0 Å². The van der Waals surface area contributed by atoms with Crippen molar-refractivity contribution >= 4 is 11.8 Å². The number of carbonyl (C=O) groups excluding carboxylic acids is 2. The molecule has 2 amide bonds. The molecule has 2 fully saturated rings. The largest absolute Gasteiger partial charge is 0.375 e. The summed E-state index contributed by atoms with van der Waals surface area (Å²) in [7, 11) is 0. The van der Waals surface area contributed by atoms with Crippen molar-refractivity contribution in [3.63, 3.8) is 0 Å². The molecule has 3 rings (SSSR count). The van der Waals surface area contributed by atoms with Crippen molar-refractivity contribution in [3.05, 3.63) is 47.5 Å². The summed E-state index contributed by atoms with van der Waals surface area (Å²) in [5.41, 5.74) is 1.59. The molecule has 1 N–H and O–H groups in total. The molecule has 5 heteroatoms. The summed E-state index contributed by atoms with van der Waals surface area (Å²) in [6.07, 6.45) is 7.34. The zero-order chi connectivity index (χ0) is 17.6. The Morgan fingerprint density at radius 2 is 2.20 bits per heavy atom. The number of hydrogen-bond donors (Lipinski definition) is 1. The van der Waals surface area contributed by atoms with Gasteiger partial charge in [-0.2, -0.15) is 0 Å². The first kappa shape index (κ1) is 17.7. The zero-order valence-electron chi connectivity index (χ0n) is 14.7. The van der Waals surface area contributed by atoms with Crippen LogP contribution in [-0.2, 0) is 16.1 Å². The van der Waals surface area contributed by atoms with Crippen molar-refractivity contribution in [2.45, 2.75) is 38.8 Å². The molecule has 5 nitrogen and oxygen atoms in total. The van der Waals surface area contributed by atoms with E-state index in [9.17, 15) is 9.59 Å². The van der Waals surface area contributed by atoms with Crippen molar-refractivity contribution in [3.8, 4) is 0 Å². The third-order valence-corrected chi connectivity index (χ3v) is 4.84. The van der Waals surface area contributed by atoms with Crippen molar-refractivity contribution in [1.82, 2.24) is 10.2 Å². The Hall–Kier alpha value is -2.14. The summed E-state index contributed by atoms with van der Waals surface area (Å²) < 4.78 is 5.49. The monoisotopic (exact) mass is 342 g/mol. The van der Waals surface area contributed by atoms with Crippen LogP contribution in [0.2, 0.25) is 0 Å². The fraction of sp³-hybridized carbons (Fsp3) is 0.500. The molecule has 1 aliphatic heterocycles. The van der Waals surface area contributed by atoms with E-state index in [4.69, 9.17) is 4.74 Å². The lowest BCUT2D eigenvalue weighted by atomic mass is 9.85. The Kier molecular flexibility index (Phi) is 5.87. The fourth-order valence-corrected chi connectivity index (χ4v) is 3.10. The second-order valence-electron chi connectivity index (χ2n) is 6.90. The van der Waals surface area contributed by atoms with Gasteiger partial charge in [-0.25, -0.2) is 0 Å². The Bertz CT molecular complexity index is 652. The summed E-state index contributed by atoms with van der Waals surface area (Å²) in [5, 5.41) is 2.88. The smallest absolute Gasteiger partial charge is 0.254 e. The number of rotatable bonds is 5. The highest BCUT2D eigenvalue weighted by atomic mass is 16.5. The van der Waals surface area contributed by atoms with E-state index in [0.29, 0.717) is 37.7 Å². The summed E-state index contributed by atoms with van der Waals surface area (Å²) in [6, 6.07) is 7.47. The van der Waals surface area contributed by atoms with E-state index in [1.165, 1.54) is 19.3 Å². The van der Waals surface area contributed by atoms with E-state index >= 15 is 0 Å². The van der Waals surface area contributed by atoms with E-state index in [1.54, 1.807) is 6.08 Å². The molecule has 1 saturated heterocycles. The van der Waals surface area contributed by atoms with Crippen LogP contribution in [0.4, 0.5) is 0 Å². The lowest BCUT2D eigenvalue weighted by Gasteiger charge is -2.31. The molecule has 25 heavy (non-hydrogen) atoms. The number of ether oxygens (including phenoxy) is 1. The van der Waals surface area contributed by atoms with Crippen molar-refractivity contribution in [1.29, 1.82) is 0 Å². The number of benzene rings is 1. The molecule has 1 aromatic carbocycles. The molecule has 0 spiro atoms. The lowest BCUT2D eigenvalue weighted by molar-refractivity contribution is -0.116. The first-order valence-corrected chi connectivity index (χ1v) is 9.07. The van der Waals surface area contributed by atoms with Gasteiger partial charge in [0.25, 0.3) is 5.91 Å². The Morgan fingerprint density at radius 1 is 1.36 bits per heavy atom. The summed E-state index contributed by atoms with van der Waals surface area (Å²) in [5.74, 6) is 0.515. The molecule has 0 radical (unpaired) electrons. The minimum absolute atomic E-state index is 0.0215. The number of hydrogen-bond acceptors (Lipinski definition) is 3. The average molecular weight is 342 g/mol. The molecule has 0 unspecified atom stereocenters. The first-order valence-electron chi connectivity index (χ1n) is 9.07. The zero-order valence-corrected chi connectivity index (χ0v) is 14.7. The normalized spacial score (nSPS) is 21.2. The molecule has 0 bridgehead atoms. The van der Waals surface area contributed by atoms with E-state index in [2.05, 4.69) is 5.32 Å². The van der Waals surface area contributed by atoms with E-state index in [-0.39, 0.29) is 17.9 Å². The highest BCUT2D eigenvalue weighted by Crippen LogP contribution is 2.27. The molecule has 134 valence electrons. The summed E-state index contributed by atoms with van der Waals surface area (Å²) >= 11 is 0. The molecule has 1 aromatic rings. The van der Waals surface area contributed by atoms with Crippen LogP contribution in [0.1, 0.15) is 42.1 Å². The lowest BCUT2D eigenvalue weighted by Crippen LogP contribution is -2.44. The molecule has 1 saturated carbocycles. The third-order valence-electron chi connectivity index (χ3n) is 4.84. The molecule has 2 aliphatic rings. The van der Waals surface area contributed by atoms with Gasteiger partial charge in [-0.3, -0.25) is 9.59 Å². The summed E-state index contributed by atoms with van der Waals surface area (Å²) in [6.45, 7) is 4.22. The third kappa shape index (κ3) is 4.92. The average Bonchev–Trinajstić information content (AvgIpc) is 2.58. The van der Waals surface area contributed by atoms with Gasteiger partial charge in [0, 0.05) is 25.2 Å². The predicted octanol–water partition coefficient (Wildman–Crippen LogP) is 2.52. The van der Waals surface area contributed by atoms with Crippen LogP contribution in [0.15, 0.2) is 36.4 Å². The maximum absolute atomic E-state index is 12.6.